The summed E-state index contributed by atoms with van der Waals surface area (Å²) >= 11 is 1.62. The number of rotatable bonds is 4. The first-order chi connectivity index (χ1) is 10.3. The van der Waals surface area contributed by atoms with E-state index in [9.17, 15) is 4.79 Å². The molecular formula is C16H22ClN3OS. The molecule has 1 amide bonds. The van der Waals surface area contributed by atoms with Gasteiger partial charge in [0.2, 0.25) is 5.91 Å². The molecule has 0 aliphatic carbocycles. The van der Waals surface area contributed by atoms with Gasteiger partial charge in [-0.15, -0.1) is 23.7 Å². The number of hydrogen-bond donors (Lipinski definition) is 1. The van der Waals surface area contributed by atoms with Gasteiger partial charge in [-0.1, -0.05) is 6.07 Å². The Balaban J connectivity index is 0.00000176. The second kappa shape index (κ2) is 7.90. The molecule has 4 nitrogen and oxygen atoms in total. The molecule has 1 aliphatic heterocycles. The molecular weight excluding hydrogens is 318 g/mol. The topological polar surface area (TPSA) is 59.2 Å². The first kappa shape index (κ1) is 17.2. The molecule has 1 atom stereocenters. The SMILES string of the molecule is Cl.NCCC1CCCCN1C(=O)Cc1ccc2ncsc2c1. The van der Waals surface area contributed by atoms with Gasteiger partial charge in [-0.2, -0.15) is 0 Å². The smallest absolute Gasteiger partial charge is 0.227 e. The highest BCUT2D eigenvalue weighted by atomic mass is 35.5. The Morgan fingerprint density at radius 2 is 2.27 bits per heavy atom. The quantitative estimate of drug-likeness (QED) is 0.931. The van der Waals surface area contributed by atoms with E-state index in [-0.39, 0.29) is 18.3 Å². The number of carbonyl (C=O) groups excluding carboxylic acids is 1. The maximum atomic E-state index is 12.6. The van der Waals surface area contributed by atoms with E-state index >= 15 is 0 Å². The maximum Gasteiger partial charge on any atom is 0.227 e. The molecule has 0 saturated carbocycles. The fourth-order valence-corrected chi connectivity index (χ4v) is 3.85. The van der Waals surface area contributed by atoms with E-state index in [0.29, 0.717) is 19.0 Å². The number of thiazole rings is 1. The van der Waals surface area contributed by atoms with Crippen molar-refractivity contribution in [3.8, 4) is 0 Å². The number of fused-ring (bicyclic) bond motifs is 1. The number of hydrogen-bond acceptors (Lipinski definition) is 4. The summed E-state index contributed by atoms with van der Waals surface area (Å²) in [6.45, 7) is 1.54. The summed E-state index contributed by atoms with van der Waals surface area (Å²) in [5.41, 5.74) is 9.61. The van der Waals surface area contributed by atoms with Crippen molar-refractivity contribution in [1.29, 1.82) is 0 Å². The third-order valence-corrected chi connectivity index (χ3v) is 4.99. The van der Waals surface area contributed by atoms with E-state index in [4.69, 9.17) is 5.73 Å². The van der Waals surface area contributed by atoms with Crippen LogP contribution in [0.3, 0.4) is 0 Å². The molecule has 1 fully saturated rings. The zero-order valence-corrected chi connectivity index (χ0v) is 14.2. The molecule has 2 aromatic rings. The lowest BCUT2D eigenvalue weighted by Crippen LogP contribution is -2.45. The molecule has 6 heteroatoms. The van der Waals surface area contributed by atoms with Gasteiger partial charge in [0.25, 0.3) is 0 Å². The summed E-state index contributed by atoms with van der Waals surface area (Å²) in [4.78, 5) is 18.9. The van der Waals surface area contributed by atoms with Crippen LogP contribution in [-0.2, 0) is 11.2 Å². The van der Waals surface area contributed by atoms with Crippen LogP contribution in [0, 0.1) is 0 Å². The zero-order chi connectivity index (χ0) is 14.7. The molecule has 1 aromatic heterocycles. The summed E-state index contributed by atoms with van der Waals surface area (Å²) in [5, 5.41) is 0. The van der Waals surface area contributed by atoms with Crippen molar-refractivity contribution in [3.05, 3.63) is 29.3 Å². The van der Waals surface area contributed by atoms with Crippen LogP contribution in [0.4, 0.5) is 0 Å². The van der Waals surface area contributed by atoms with Crippen LogP contribution in [0.1, 0.15) is 31.2 Å². The predicted octanol–water partition coefficient (Wildman–Crippen LogP) is 2.99. The lowest BCUT2D eigenvalue weighted by Gasteiger charge is -2.35. The minimum atomic E-state index is 0. The molecule has 3 rings (SSSR count). The Morgan fingerprint density at radius 3 is 3.09 bits per heavy atom. The van der Waals surface area contributed by atoms with Gasteiger partial charge in [-0.3, -0.25) is 4.79 Å². The van der Waals surface area contributed by atoms with Crippen LogP contribution in [0.2, 0.25) is 0 Å². The Hall–Kier alpha value is -1.17. The van der Waals surface area contributed by atoms with Crippen LogP contribution in [0.5, 0.6) is 0 Å². The average molecular weight is 340 g/mol. The molecule has 0 spiro atoms. The average Bonchev–Trinajstić information content (AvgIpc) is 2.95. The second-order valence-corrected chi connectivity index (χ2v) is 6.53. The van der Waals surface area contributed by atoms with Crippen LogP contribution < -0.4 is 5.73 Å². The predicted molar refractivity (Wildman–Crippen MR) is 93.6 cm³/mol. The van der Waals surface area contributed by atoms with Gasteiger partial charge < -0.3 is 10.6 Å². The van der Waals surface area contributed by atoms with E-state index in [1.54, 1.807) is 11.3 Å². The largest absolute Gasteiger partial charge is 0.339 e. The molecule has 2 N–H and O–H groups in total. The molecule has 1 unspecified atom stereocenters. The second-order valence-electron chi connectivity index (χ2n) is 5.65. The van der Waals surface area contributed by atoms with Crippen LogP contribution in [0.25, 0.3) is 10.2 Å². The molecule has 120 valence electrons. The number of carbonyl (C=O) groups is 1. The number of halogens is 1. The number of amides is 1. The molecule has 1 aliphatic rings. The Labute approximate surface area is 141 Å². The Morgan fingerprint density at radius 1 is 1.41 bits per heavy atom. The molecule has 0 radical (unpaired) electrons. The van der Waals surface area contributed by atoms with E-state index in [0.717, 1.165) is 41.6 Å². The number of nitrogens with zero attached hydrogens (tertiary/aromatic N) is 2. The highest BCUT2D eigenvalue weighted by molar-refractivity contribution is 7.16. The van der Waals surface area contributed by atoms with Crippen molar-refractivity contribution in [1.82, 2.24) is 9.88 Å². The van der Waals surface area contributed by atoms with Crippen molar-refractivity contribution in [3.63, 3.8) is 0 Å². The highest BCUT2D eigenvalue weighted by Crippen LogP contribution is 2.22. The summed E-state index contributed by atoms with van der Waals surface area (Å²) < 4.78 is 1.15. The third-order valence-electron chi connectivity index (χ3n) is 4.20. The van der Waals surface area contributed by atoms with Crippen LogP contribution >= 0.6 is 23.7 Å². The van der Waals surface area contributed by atoms with E-state index in [2.05, 4.69) is 11.1 Å². The lowest BCUT2D eigenvalue weighted by molar-refractivity contribution is -0.134. The Kier molecular flexibility index (Phi) is 6.17. The van der Waals surface area contributed by atoms with E-state index in [1.165, 1.54) is 6.42 Å². The molecule has 1 aromatic carbocycles. The lowest BCUT2D eigenvalue weighted by atomic mass is 9.98. The number of aromatic nitrogens is 1. The van der Waals surface area contributed by atoms with Crippen molar-refractivity contribution in [2.45, 2.75) is 38.1 Å². The minimum absolute atomic E-state index is 0. The molecule has 22 heavy (non-hydrogen) atoms. The normalized spacial score (nSPS) is 18.2. The number of piperidine rings is 1. The standard InChI is InChI=1S/C16H21N3OS.ClH/c17-7-6-13-3-1-2-8-19(13)16(20)10-12-4-5-14-15(9-12)21-11-18-14;/h4-5,9,11,13H,1-3,6-8,10,17H2;1H. The van der Waals surface area contributed by atoms with Gasteiger partial charge in [0.1, 0.15) is 0 Å². The molecule has 1 saturated heterocycles. The van der Waals surface area contributed by atoms with Crippen LogP contribution in [0.15, 0.2) is 23.7 Å². The van der Waals surface area contributed by atoms with E-state index in [1.807, 2.05) is 22.5 Å². The van der Waals surface area contributed by atoms with Crippen molar-refractivity contribution in [2.75, 3.05) is 13.1 Å². The van der Waals surface area contributed by atoms with Crippen molar-refractivity contribution < 1.29 is 4.79 Å². The number of likely N-dealkylation sites (tertiary alicyclic amines) is 1. The first-order valence-electron chi connectivity index (χ1n) is 7.59. The summed E-state index contributed by atoms with van der Waals surface area (Å²) in [7, 11) is 0. The van der Waals surface area contributed by atoms with Gasteiger partial charge in [-0.05, 0) is 49.9 Å². The van der Waals surface area contributed by atoms with Crippen molar-refractivity contribution in [2.24, 2.45) is 5.73 Å². The van der Waals surface area contributed by atoms with Gasteiger partial charge in [-0.25, -0.2) is 4.98 Å². The minimum Gasteiger partial charge on any atom is -0.339 e. The monoisotopic (exact) mass is 339 g/mol. The van der Waals surface area contributed by atoms with Crippen molar-refractivity contribution >= 4 is 39.9 Å². The summed E-state index contributed by atoms with van der Waals surface area (Å²) in [6.07, 6.45) is 4.81. The van der Waals surface area contributed by atoms with E-state index < -0.39 is 0 Å². The molecule has 2 heterocycles. The van der Waals surface area contributed by atoms with Gasteiger partial charge in [0, 0.05) is 12.6 Å². The maximum absolute atomic E-state index is 12.6. The first-order valence-corrected chi connectivity index (χ1v) is 8.47. The number of benzene rings is 1. The fourth-order valence-electron chi connectivity index (χ4n) is 3.11. The zero-order valence-electron chi connectivity index (χ0n) is 12.5. The number of nitrogens with two attached hydrogens (primary N) is 1. The van der Waals surface area contributed by atoms with Gasteiger partial charge >= 0.3 is 0 Å². The summed E-state index contributed by atoms with van der Waals surface area (Å²) in [6, 6.07) is 6.44. The molecule has 0 bridgehead atoms. The van der Waals surface area contributed by atoms with Gasteiger partial charge in [0.15, 0.2) is 0 Å². The highest BCUT2D eigenvalue weighted by Gasteiger charge is 2.25. The Bertz CT molecular complexity index is 629. The van der Waals surface area contributed by atoms with Crippen LogP contribution in [-0.4, -0.2) is 34.9 Å². The fraction of sp³-hybridized carbons (Fsp3) is 0.500. The van der Waals surface area contributed by atoms with Gasteiger partial charge in [0.05, 0.1) is 22.1 Å². The third kappa shape index (κ3) is 3.77. The summed E-state index contributed by atoms with van der Waals surface area (Å²) in [5.74, 6) is 0.233.